The van der Waals surface area contributed by atoms with Gasteiger partial charge in [0.05, 0.1) is 17.1 Å². The van der Waals surface area contributed by atoms with E-state index in [4.69, 9.17) is 11.6 Å². The number of benzene rings is 1. The average molecular weight is 293 g/mol. The standard InChI is InChI=1S/C14H17ClN4O/c15-9-3-4-10-12(8-9)19-13(18-10)2-1-6-17-14(20)11-5-7-16-11/h3-4,8,11,16H,1-2,5-7H2,(H,17,20)(H,18,19)/t11-/m0/s1. The average Bonchev–Trinajstić information content (AvgIpc) is 2.74. The van der Waals surface area contributed by atoms with Crippen LogP contribution in [0.4, 0.5) is 0 Å². The first-order valence-corrected chi connectivity index (χ1v) is 7.25. The SMILES string of the molecule is O=C(NCCCc1nc2ccc(Cl)cc2[nH]1)[C@@H]1CCN1. The van der Waals surface area contributed by atoms with Gasteiger partial charge in [-0.25, -0.2) is 4.98 Å². The van der Waals surface area contributed by atoms with Gasteiger partial charge < -0.3 is 15.6 Å². The van der Waals surface area contributed by atoms with E-state index in [0.717, 1.165) is 42.7 Å². The number of aromatic nitrogens is 2. The lowest BCUT2D eigenvalue weighted by Gasteiger charge is -2.26. The highest BCUT2D eigenvalue weighted by Gasteiger charge is 2.23. The Kier molecular flexibility index (Phi) is 3.89. The monoisotopic (exact) mass is 292 g/mol. The number of hydrogen-bond donors (Lipinski definition) is 3. The smallest absolute Gasteiger partial charge is 0.237 e. The highest BCUT2D eigenvalue weighted by atomic mass is 35.5. The number of carbonyl (C=O) groups excluding carboxylic acids is 1. The number of amides is 1. The second-order valence-electron chi connectivity index (χ2n) is 5.03. The molecule has 3 rings (SSSR count). The van der Waals surface area contributed by atoms with Crippen LogP contribution in [-0.2, 0) is 11.2 Å². The molecule has 1 aliphatic rings. The lowest BCUT2D eigenvalue weighted by atomic mass is 10.1. The summed E-state index contributed by atoms with van der Waals surface area (Å²) in [6, 6.07) is 5.63. The lowest BCUT2D eigenvalue weighted by Crippen LogP contribution is -2.53. The van der Waals surface area contributed by atoms with E-state index in [1.807, 2.05) is 18.2 Å². The molecule has 1 aromatic carbocycles. The molecule has 1 aliphatic heterocycles. The van der Waals surface area contributed by atoms with Crippen molar-refractivity contribution >= 4 is 28.5 Å². The number of imidazole rings is 1. The summed E-state index contributed by atoms with van der Waals surface area (Å²) in [4.78, 5) is 19.3. The molecule has 1 aromatic heterocycles. The Bertz CT molecular complexity index is 621. The minimum atomic E-state index is 0.0170. The van der Waals surface area contributed by atoms with Crippen LogP contribution in [0.2, 0.25) is 5.02 Å². The zero-order valence-corrected chi connectivity index (χ0v) is 11.8. The van der Waals surface area contributed by atoms with Crippen LogP contribution in [0.3, 0.4) is 0 Å². The Balaban J connectivity index is 1.48. The molecule has 2 heterocycles. The Labute approximate surface area is 122 Å². The van der Waals surface area contributed by atoms with Gasteiger partial charge in [-0.05, 0) is 37.6 Å². The Morgan fingerprint density at radius 2 is 2.35 bits per heavy atom. The molecule has 1 atom stereocenters. The number of carbonyl (C=O) groups is 1. The van der Waals surface area contributed by atoms with Crippen molar-refractivity contribution in [3.8, 4) is 0 Å². The zero-order chi connectivity index (χ0) is 13.9. The van der Waals surface area contributed by atoms with E-state index in [2.05, 4.69) is 20.6 Å². The molecule has 106 valence electrons. The molecule has 0 unspecified atom stereocenters. The van der Waals surface area contributed by atoms with Gasteiger partial charge in [-0.2, -0.15) is 0 Å². The maximum absolute atomic E-state index is 11.6. The number of fused-ring (bicyclic) bond motifs is 1. The normalized spacial score (nSPS) is 17.9. The molecule has 0 saturated carbocycles. The molecule has 3 N–H and O–H groups in total. The van der Waals surface area contributed by atoms with Crippen LogP contribution in [0.25, 0.3) is 11.0 Å². The number of H-pyrrole nitrogens is 1. The summed E-state index contributed by atoms with van der Waals surface area (Å²) in [5.74, 6) is 1.03. The van der Waals surface area contributed by atoms with E-state index < -0.39 is 0 Å². The van der Waals surface area contributed by atoms with Crippen molar-refractivity contribution in [3.05, 3.63) is 29.0 Å². The number of aromatic amines is 1. The molecule has 0 aliphatic carbocycles. The molecule has 1 saturated heterocycles. The largest absolute Gasteiger partial charge is 0.355 e. The third-order valence-electron chi connectivity index (χ3n) is 3.52. The minimum absolute atomic E-state index is 0.0170. The maximum atomic E-state index is 11.6. The fraction of sp³-hybridized carbons (Fsp3) is 0.429. The second kappa shape index (κ2) is 5.81. The van der Waals surface area contributed by atoms with Crippen molar-refractivity contribution in [2.75, 3.05) is 13.1 Å². The number of nitrogens with one attached hydrogen (secondary N) is 3. The third-order valence-corrected chi connectivity index (χ3v) is 3.76. The maximum Gasteiger partial charge on any atom is 0.237 e. The minimum Gasteiger partial charge on any atom is -0.355 e. The first kappa shape index (κ1) is 13.4. The first-order chi connectivity index (χ1) is 9.72. The van der Waals surface area contributed by atoms with E-state index in [-0.39, 0.29) is 11.9 Å². The van der Waals surface area contributed by atoms with Gasteiger partial charge in [0.2, 0.25) is 5.91 Å². The fourth-order valence-electron chi connectivity index (χ4n) is 2.26. The third kappa shape index (κ3) is 2.94. The van der Waals surface area contributed by atoms with Crippen LogP contribution < -0.4 is 10.6 Å². The van der Waals surface area contributed by atoms with Crippen molar-refractivity contribution in [2.24, 2.45) is 0 Å². The van der Waals surface area contributed by atoms with E-state index in [1.165, 1.54) is 0 Å². The van der Waals surface area contributed by atoms with Gasteiger partial charge in [0.15, 0.2) is 0 Å². The summed E-state index contributed by atoms with van der Waals surface area (Å²) in [5.41, 5.74) is 1.88. The van der Waals surface area contributed by atoms with Crippen LogP contribution in [-0.4, -0.2) is 35.0 Å². The van der Waals surface area contributed by atoms with Crippen molar-refractivity contribution < 1.29 is 4.79 Å². The van der Waals surface area contributed by atoms with Crippen molar-refractivity contribution in [1.82, 2.24) is 20.6 Å². The van der Waals surface area contributed by atoms with Gasteiger partial charge in [0, 0.05) is 18.0 Å². The molecule has 20 heavy (non-hydrogen) atoms. The molecule has 0 spiro atoms. The van der Waals surface area contributed by atoms with Gasteiger partial charge in [0.1, 0.15) is 5.82 Å². The van der Waals surface area contributed by atoms with Crippen LogP contribution in [0.1, 0.15) is 18.7 Å². The Hall–Kier alpha value is -1.59. The van der Waals surface area contributed by atoms with Crippen LogP contribution in [0, 0.1) is 0 Å². The predicted octanol–water partition coefficient (Wildman–Crippen LogP) is 1.63. The summed E-state index contributed by atoms with van der Waals surface area (Å²) in [5, 5.41) is 6.72. The van der Waals surface area contributed by atoms with Crippen molar-refractivity contribution in [1.29, 1.82) is 0 Å². The van der Waals surface area contributed by atoms with E-state index in [0.29, 0.717) is 11.6 Å². The summed E-state index contributed by atoms with van der Waals surface area (Å²) >= 11 is 5.94. The number of aryl methyl sites for hydroxylation is 1. The molecule has 0 radical (unpaired) electrons. The van der Waals surface area contributed by atoms with Crippen LogP contribution in [0.15, 0.2) is 18.2 Å². The molecule has 1 fully saturated rings. The van der Waals surface area contributed by atoms with Crippen LogP contribution in [0.5, 0.6) is 0 Å². The van der Waals surface area contributed by atoms with Crippen LogP contribution >= 0.6 is 11.6 Å². The predicted molar refractivity (Wildman–Crippen MR) is 78.8 cm³/mol. The zero-order valence-electron chi connectivity index (χ0n) is 11.1. The van der Waals surface area contributed by atoms with E-state index in [1.54, 1.807) is 0 Å². The highest BCUT2D eigenvalue weighted by molar-refractivity contribution is 6.31. The van der Waals surface area contributed by atoms with E-state index in [9.17, 15) is 4.79 Å². The van der Waals surface area contributed by atoms with Gasteiger partial charge in [-0.3, -0.25) is 4.79 Å². The Morgan fingerprint density at radius 1 is 1.50 bits per heavy atom. The molecular weight excluding hydrogens is 276 g/mol. The van der Waals surface area contributed by atoms with Gasteiger partial charge in [-0.1, -0.05) is 11.6 Å². The van der Waals surface area contributed by atoms with E-state index >= 15 is 0 Å². The van der Waals surface area contributed by atoms with Gasteiger partial charge in [0.25, 0.3) is 0 Å². The second-order valence-corrected chi connectivity index (χ2v) is 5.47. The van der Waals surface area contributed by atoms with Crippen molar-refractivity contribution in [2.45, 2.75) is 25.3 Å². The topological polar surface area (TPSA) is 69.8 Å². The molecular formula is C14H17ClN4O. The number of nitrogens with zero attached hydrogens (tertiary/aromatic N) is 1. The van der Waals surface area contributed by atoms with Gasteiger partial charge in [-0.15, -0.1) is 0 Å². The number of rotatable bonds is 5. The summed E-state index contributed by atoms with van der Waals surface area (Å²) in [6.45, 7) is 1.62. The lowest BCUT2D eigenvalue weighted by molar-refractivity contribution is -0.124. The molecule has 6 heteroatoms. The number of hydrogen-bond acceptors (Lipinski definition) is 3. The molecule has 2 aromatic rings. The first-order valence-electron chi connectivity index (χ1n) is 6.87. The number of halogens is 1. The Morgan fingerprint density at radius 3 is 3.10 bits per heavy atom. The highest BCUT2D eigenvalue weighted by Crippen LogP contribution is 2.17. The summed E-state index contributed by atoms with van der Waals surface area (Å²) < 4.78 is 0. The summed E-state index contributed by atoms with van der Waals surface area (Å²) in [7, 11) is 0. The molecule has 5 nitrogen and oxygen atoms in total. The van der Waals surface area contributed by atoms with Crippen molar-refractivity contribution in [3.63, 3.8) is 0 Å². The van der Waals surface area contributed by atoms with Gasteiger partial charge >= 0.3 is 0 Å². The molecule has 0 bridgehead atoms. The summed E-state index contributed by atoms with van der Waals surface area (Å²) in [6.07, 6.45) is 2.62. The molecule has 1 amide bonds. The quantitative estimate of drug-likeness (QED) is 0.734. The fourth-order valence-corrected chi connectivity index (χ4v) is 2.43.